The van der Waals surface area contributed by atoms with Gasteiger partial charge < -0.3 is 0 Å². The van der Waals surface area contributed by atoms with Crippen molar-refractivity contribution in [1.29, 1.82) is 0 Å². The maximum Gasteiger partial charge on any atom is 0.0153 e. The lowest BCUT2D eigenvalue weighted by molar-refractivity contribution is 0.295. The highest BCUT2D eigenvalue weighted by Gasteiger charge is 2.38. The van der Waals surface area contributed by atoms with Gasteiger partial charge in [0.25, 0.3) is 0 Å². The fraction of sp³-hybridized carbons (Fsp3) is 0.250. The normalized spacial score (nSPS) is 13.6. The first kappa shape index (κ1) is 15.2. The average Bonchev–Trinajstić information content (AvgIpc) is 2.96. The van der Waals surface area contributed by atoms with Crippen LogP contribution in [0.25, 0.3) is 11.1 Å². The molecule has 1 aliphatic rings. The molecule has 0 saturated heterocycles. The Kier molecular flexibility index (Phi) is 3.76. The lowest BCUT2D eigenvalue weighted by Gasteiger charge is -2.33. The third-order valence-corrected chi connectivity index (χ3v) is 5.52. The minimum absolute atomic E-state index is 0.221. The summed E-state index contributed by atoms with van der Waals surface area (Å²) in [7, 11) is 0. The Labute approximate surface area is 145 Å². The fourth-order valence-corrected chi connectivity index (χ4v) is 4.25. The Bertz CT molecular complexity index is 797. The Morgan fingerprint density at radius 2 is 1.17 bits per heavy atom. The van der Waals surface area contributed by atoms with Crippen LogP contribution in [0.5, 0.6) is 0 Å². The highest BCUT2D eigenvalue weighted by Crippen LogP contribution is 2.53. The summed E-state index contributed by atoms with van der Waals surface area (Å²) in [6.45, 7) is 4.86. The first-order valence-corrected chi connectivity index (χ1v) is 8.89. The summed E-state index contributed by atoms with van der Waals surface area (Å²) in [5.41, 5.74) is 7.49. The van der Waals surface area contributed by atoms with Gasteiger partial charge in [-0.1, -0.05) is 92.7 Å². The van der Waals surface area contributed by atoms with E-state index in [-0.39, 0.29) is 5.41 Å². The molecule has 0 atom stereocenters. The molecule has 0 amide bonds. The number of aryl methyl sites for hydroxylation is 1. The van der Waals surface area contributed by atoms with Crippen LogP contribution in [0, 0.1) is 5.41 Å². The lowest BCUT2D eigenvalue weighted by atomic mass is 9.70. The number of hydrogen-bond acceptors (Lipinski definition) is 0. The van der Waals surface area contributed by atoms with E-state index < -0.39 is 0 Å². The minimum atomic E-state index is 0.221. The van der Waals surface area contributed by atoms with E-state index in [1.54, 1.807) is 0 Å². The highest BCUT2D eigenvalue weighted by molar-refractivity contribution is 5.79. The van der Waals surface area contributed by atoms with Crippen LogP contribution in [-0.4, -0.2) is 0 Å². The van der Waals surface area contributed by atoms with E-state index >= 15 is 0 Å². The van der Waals surface area contributed by atoms with E-state index in [1.165, 1.54) is 34.2 Å². The SMILES string of the molecule is CC(C)(CCc1ccccc1)C1c2ccccc2-c2ccccc21. The molecular formula is C24H24. The molecule has 0 spiro atoms. The van der Waals surface area contributed by atoms with Crippen LogP contribution in [0.2, 0.25) is 0 Å². The van der Waals surface area contributed by atoms with Crippen LogP contribution in [0.15, 0.2) is 78.9 Å². The van der Waals surface area contributed by atoms with Crippen LogP contribution >= 0.6 is 0 Å². The molecule has 0 saturated carbocycles. The molecule has 0 fully saturated rings. The standard InChI is InChI=1S/C24H24/c1-24(2,17-16-18-10-4-3-5-11-18)23-21-14-8-6-12-19(21)20-13-7-9-15-22(20)23/h3-15,23H,16-17H2,1-2H3. The van der Waals surface area contributed by atoms with Crippen molar-refractivity contribution in [3.63, 3.8) is 0 Å². The highest BCUT2D eigenvalue weighted by atomic mass is 14.4. The smallest absolute Gasteiger partial charge is 0.0153 e. The lowest BCUT2D eigenvalue weighted by Crippen LogP contribution is -2.22. The summed E-state index contributed by atoms with van der Waals surface area (Å²) in [4.78, 5) is 0. The second-order valence-electron chi connectivity index (χ2n) is 7.58. The Hall–Kier alpha value is -2.34. The van der Waals surface area contributed by atoms with Crippen molar-refractivity contribution < 1.29 is 0 Å². The van der Waals surface area contributed by atoms with Crippen molar-refractivity contribution in [3.8, 4) is 11.1 Å². The zero-order valence-corrected chi connectivity index (χ0v) is 14.5. The number of rotatable bonds is 4. The monoisotopic (exact) mass is 312 g/mol. The summed E-state index contributed by atoms with van der Waals surface area (Å²) < 4.78 is 0. The quantitative estimate of drug-likeness (QED) is 0.518. The largest absolute Gasteiger partial charge is 0.0622 e. The second kappa shape index (κ2) is 5.94. The minimum Gasteiger partial charge on any atom is -0.0622 e. The van der Waals surface area contributed by atoms with E-state index in [9.17, 15) is 0 Å². The summed E-state index contributed by atoms with van der Waals surface area (Å²) in [6, 6.07) is 28.8. The van der Waals surface area contributed by atoms with Crippen molar-refractivity contribution in [2.75, 3.05) is 0 Å². The zero-order chi connectivity index (χ0) is 16.6. The van der Waals surface area contributed by atoms with E-state index in [0.29, 0.717) is 5.92 Å². The van der Waals surface area contributed by atoms with Gasteiger partial charge in [-0.2, -0.15) is 0 Å². The summed E-state index contributed by atoms with van der Waals surface area (Å²) >= 11 is 0. The topological polar surface area (TPSA) is 0 Å². The Balaban J connectivity index is 1.69. The van der Waals surface area contributed by atoms with Gasteiger partial charge in [-0.15, -0.1) is 0 Å². The average molecular weight is 312 g/mol. The molecule has 0 N–H and O–H groups in total. The molecule has 0 radical (unpaired) electrons. The Morgan fingerprint density at radius 1 is 0.667 bits per heavy atom. The summed E-state index contributed by atoms with van der Waals surface area (Å²) in [5.74, 6) is 0.480. The molecule has 0 heterocycles. The van der Waals surface area contributed by atoms with Gasteiger partial charge in [0.15, 0.2) is 0 Å². The van der Waals surface area contributed by atoms with Gasteiger partial charge in [0.1, 0.15) is 0 Å². The van der Waals surface area contributed by atoms with Crippen molar-refractivity contribution in [2.45, 2.75) is 32.6 Å². The molecule has 0 bridgehead atoms. The van der Waals surface area contributed by atoms with Gasteiger partial charge in [0.2, 0.25) is 0 Å². The van der Waals surface area contributed by atoms with Crippen molar-refractivity contribution in [1.82, 2.24) is 0 Å². The summed E-state index contributed by atoms with van der Waals surface area (Å²) in [6.07, 6.45) is 2.32. The molecule has 1 aliphatic carbocycles. The van der Waals surface area contributed by atoms with Crippen LogP contribution in [0.4, 0.5) is 0 Å². The number of fused-ring (bicyclic) bond motifs is 3. The van der Waals surface area contributed by atoms with Crippen molar-refractivity contribution in [2.24, 2.45) is 5.41 Å². The molecule has 3 aromatic rings. The first-order chi connectivity index (χ1) is 11.7. The van der Waals surface area contributed by atoms with Crippen LogP contribution < -0.4 is 0 Å². The first-order valence-electron chi connectivity index (χ1n) is 8.89. The number of hydrogen-bond donors (Lipinski definition) is 0. The van der Waals surface area contributed by atoms with E-state index in [4.69, 9.17) is 0 Å². The third-order valence-electron chi connectivity index (χ3n) is 5.52. The van der Waals surface area contributed by atoms with E-state index in [1.807, 2.05) is 0 Å². The Morgan fingerprint density at radius 3 is 1.75 bits per heavy atom. The molecule has 0 aromatic heterocycles. The molecule has 0 heteroatoms. The molecule has 0 nitrogen and oxygen atoms in total. The molecule has 120 valence electrons. The van der Waals surface area contributed by atoms with Crippen LogP contribution in [-0.2, 0) is 6.42 Å². The van der Waals surface area contributed by atoms with Gasteiger partial charge in [0, 0.05) is 5.92 Å². The fourth-order valence-electron chi connectivity index (χ4n) is 4.25. The van der Waals surface area contributed by atoms with E-state index in [2.05, 4.69) is 92.7 Å². The van der Waals surface area contributed by atoms with Gasteiger partial charge in [0.05, 0.1) is 0 Å². The maximum absolute atomic E-state index is 2.43. The van der Waals surface area contributed by atoms with Crippen molar-refractivity contribution in [3.05, 3.63) is 95.6 Å². The number of benzene rings is 3. The van der Waals surface area contributed by atoms with Gasteiger partial charge >= 0.3 is 0 Å². The van der Waals surface area contributed by atoms with Crippen molar-refractivity contribution >= 4 is 0 Å². The summed E-state index contributed by atoms with van der Waals surface area (Å²) in [5, 5.41) is 0. The zero-order valence-electron chi connectivity index (χ0n) is 14.5. The van der Waals surface area contributed by atoms with Crippen LogP contribution in [0.3, 0.4) is 0 Å². The third kappa shape index (κ3) is 2.57. The van der Waals surface area contributed by atoms with Gasteiger partial charge in [-0.05, 0) is 46.1 Å². The molecular weight excluding hydrogens is 288 g/mol. The molecule has 24 heavy (non-hydrogen) atoms. The van der Waals surface area contributed by atoms with Gasteiger partial charge in [-0.25, -0.2) is 0 Å². The maximum atomic E-state index is 2.43. The predicted octanol–water partition coefficient (Wildman–Crippen LogP) is 6.46. The predicted molar refractivity (Wildman–Crippen MR) is 102 cm³/mol. The molecule has 0 unspecified atom stereocenters. The van der Waals surface area contributed by atoms with E-state index in [0.717, 1.165) is 6.42 Å². The molecule has 4 rings (SSSR count). The van der Waals surface area contributed by atoms with Gasteiger partial charge in [-0.3, -0.25) is 0 Å². The van der Waals surface area contributed by atoms with Crippen LogP contribution in [0.1, 0.15) is 42.9 Å². The molecule has 3 aromatic carbocycles. The molecule has 0 aliphatic heterocycles. The second-order valence-corrected chi connectivity index (χ2v) is 7.58.